The van der Waals surface area contributed by atoms with E-state index in [0.717, 1.165) is 37.0 Å². The third-order valence-corrected chi connectivity index (χ3v) is 9.31. The van der Waals surface area contributed by atoms with Gasteiger partial charge in [0.25, 0.3) is 0 Å². The minimum atomic E-state index is -3.74. The zero-order chi connectivity index (χ0) is 18.6. The second-order valence-electron chi connectivity index (χ2n) is 8.42. The van der Waals surface area contributed by atoms with Gasteiger partial charge in [-0.1, -0.05) is 6.07 Å². The molecule has 0 spiro atoms. The molecule has 2 N–H and O–H groups in total. The van der Waals surface area contributed by atoms with Crippen LogP contribution >= 0.6 is 0 Å². The van der Waals surface area contributed by atoms with Crippen LogP contribution in [0.15, 0.2) is 34.1 Å². The van der Waals surface area contributed by atoms with Gasteiger partial charge in [0.15, 0.2) is 0 Å². The lowest BCUT2D eigenvalue weighted by Gasteiger charge is -2.56. The molecule has 4 saturated carbocycles. The molecule has 26 heavy (non-hydrogen) atoms. The summed E-state index contributed by atoms with van der Waals surface area (Å²) >= 11 is 0. The lowest BCUT2D eigenvalue weighted by molar-refractivity contribution is -0.0487. The molecule has 0 radical (unpaired) electrons. The summed E-state index contributed by atoms with van der Waals surface area (Å²) in [7, 11) is -6.10. The average molecular weight is 399 g/mol. The predicted molar refractivity (Wildman–Crippen MR) is 98.5 cm³/mol. The molecule has 6 nitrogen and oxygen atoms in total. The highest BCUT2D eigenvalue weighted by atomic mass is 32.2. The molecule has 0 aromatic heterocycles. The van der Waals surface area contributed by atoms with E-state index < -0.39 is 20.0 Å². The first-order chi connectivity index (χ1) is 12.2. The third-order valence-electron chi connectivity index (χ3n) is 6.50. The van der Waals surface area contributed by atoms with E-state index in [1.165, 1.54) is 50.6 Å². The Morgan fingerprint density at radius 1 is 0.923 bits per heavy atom. The summed E-state index contributed by atoms with van der Waals surface area (Å²) in [5.74, 6) is 2.28. The highest BCUT2D eigenvalue weighted by Crippen LogP contribution is 2.59. The van der Waals surface area contributed by atoms with Crippen LogP contribution in [0.5, 0.6) is 0 Å². The van der Waals surface area contributed by atoms with E-state index in [1.54, 1.807) is 0 Å². The van der Waals surface area contributed by atoms with Gasteiger partial charge in [0.2, 0.25) is 20.0 Å². The summed E-state index contributed by atoms with van der Waals surface area (Å²) in [4.78, 5) is -0.0452. The van der Waals surface area contributed by atoms with Crippen LogP contribution in [0.3, 0.4) is 0 Å². The molecule has 5 rings (SSSR count). The zero-order valence-electron chi connectivity index (χ0n) is 14.9. The second kappa shape index (κ2) is 6.29. The van der Waals surface area contributed by atoms with Crippen molar-refractivity contribution in [3.63, 3.8) is 0 Å². The van der Waals surface area contributed by atoms with Crippen molar-refractivity contribution in [2.45, 2.75) is 48.3 Å². The van der Waals surface area contributed by atoms with Crippen molar-refractivity contribution in [2.75, 3.05) is 13.6 Å². The maximum atomic E-state index is 12.8. The summed E-state index contributed by atoms with van der Waals surface area (Å²) in [5, 5.41) is 0. The van der Waals surface area contributed by atoms with Crippen LogP contribution in [0, 0.1) is 23.2 Å². The van der Waals surface area contributed by atoms with Gasteiger partial charge in [-0.05, 0) is 86.9 Å². The molecule has 4 aliphatic rings. The first-order valence-corrected chi connectivity index (χ1v) is 12.2. The lowest BCUT2D eigenvalue weighted by atomic mass is 9.50. The van der Waals surface area contributed by atoms with Gasteiger partial charge in [-0.25, -0.2) is 26.3 Å². The molecule has 1 aromatic carbocycles. The van der Waals surface area contributed by atoms with Gasteiger partial charge in [-0.2, -0.15) is 0 Å². The SMILES string of the molecule is CNS(=O)(=O)c1cccc(S(=O)(=O)NCC23CC4CC(CC(C4)C2)C3)c1. The molecule has 0 unspecified atom stereocenters. The van der Waals surface area contributed by atoms with Crippen molar-refractivity contribution in [3.05, 3.63) is 24.3 Å². The quantitative estimate of drug-likeness (QED) is 0.767. The maximum Gasteiger partial charge on any atom is 0.240 e. The Labute approximate surface area is 155 Å². The molecular formula is C18H26N2O4S2. The second-order valence-corrected chi connectivity index (χ2v) is 12.1. The molecule has 0 amide bonds. The van der Waals surface area contributed by atoms with E-state index >= 15 is 0 Å². The lowest BCUT2D eigenvalue weighted by Crippen LogP contribution is -2.51. The molecule has 0 atom stereocenters. The minimum absolute atomic E-state index is 0.00134. The topological polar surface area (TPSA) is 92.3 Å². The predicted octanol–water partition coefficient (Wildman–Crippen LogP) is 2.09. The first kappa shape index (κ1) is 18.4. The third kappa shape index (κ3) is 3.32. The standard InChI is InChI=1S/C18H26N2O4S2/c1-19-25(21,22)16-3-2-4-17(8-16)26(23,24)20-12-18-9-13-5-14(10-18)7-15(6-13)11-18/h2-4,8,13-15,19-20H,5-7,9-12H2,1H3. The van der Waals surface area contributed by atoms with E-state index in [4.69, 9.17) is 0 Å². The van der Waals surface area contributed by atoms with Gasteiger partial charge in [0.1, 0.15) is 0 Å². The number of nitrogens with one attached hydrogen (secondary N) is 2. The normalized spacial score (nSPS) is 33.5. The number of hydrogen-bond donors (Lipinski definition) is 2. The Hall–Kier alpha value is -0.960. The molecule has 1 aromatic rings. The Bertz CT molecular complexity index is 874. The van der Waals surface area contributed by atoms with Gasteiger partial charge in [-0.3, -0.25) is 0 Å². The molecular weight excluding hydrogens is 372 g/mol. The van der Waals surface area contributed by atoms with Crippen molar-refractivity contribution in [1.29, 1.82) is 0 Å². The summed E-state index contributed by atoms with van der Waals surface area (Å²) in [6.45, 7) is 0.460. The summed E-state index contributed by atoms with van der Waals surface area (Å²) in [6.07, 6.45) is 7.31. The highest BCUT2D eigenvalue weighted by molar-refractivity contribution is 7.90. The van der Waals surface area contributed by atoms with Crippen molar-refractivity contribution in [3.8, 4) is 0 Å². The van der Waals surface area contributed by atoms with Crippen molar-refractivity contribution >= 4 is 20.0 Å². The summed E-state index contributed by atoms with van der Waals surface area (Å²) in [6, 6.07) is 5.51. The molecule has 4 fully saturated rings. The molecule has 0 heterocycles. The molecule has 0 saturated heterocycles. The van der Waals surface area contributed by atoms with Crippen LogP contribution in [0.2, 0.25) is 0 Å². The van der Waals surface area contributed by atoms with E-state index in [2.05, 4.69) is 9.44 Å². The van der Waals surface area contributed by atoms with E-state index in [-0.39, 0.29) is 15.2 Å². The van der Waals surface area contributed by atoms with Crippen molar-refractivity contribution in [1.82, 2.24) is 9.44 Å². The number of hydrogen-bond acceptors (Lipinski definition) is 4. The van der Waals surface area contributed by atoms with Crippen LogP contribution in [-0.4, -0.2) is 30.4 Å². The molecule has 8 heteroatoms. The molecule has 4 aliphatic carbocycles. The molecule has 4 bridgehead atoms. The Balaban J connectivity index is 1.53. The van der Waals surface area contributed by atoms with Gasteiger partial charge < -0.3 is 0 Å². The Morgan fingerprint density at radius 2 is 1.42 bits per heavy atom. The van der Waals surface area contributed by atoms with Gasteiger partial charge in [0, 0.05) is 6.54 Å². The Kier molecular flexibility index (Phi) is 4.45. The van der Waals surface area contributed by atoms with E-state index in [1.807, 2.05) is 0 Å². The number of sulfonamides is 2. The van der Waals surface area contributed by atoms with Gasteiger partial charge in [-0.15, -0.1) is 0 Å². The maximum absolute atomic E-state index is 12.8. The average Bonchev–Trinajstić information content (AvgIpc) is 2.59. The zero-order valence-corrected chi connectivity index (χ0v) is 16.6. The highest BCUT2D eigenvalue weighted by Gasteiger charge is 2.50. The first-order valence-electron chi connectivity index (χ1n) is 9.25. The smallest absolute Gasteiger partial charge is 0.214 e. The fraction of sp³-hybridized carbons (Fsp3) is 0.667. The number of rotatable bonds is 6. The Morgan fingerprint density at radius 3 is 1.92 bits per heavy atom. The van der Waals surface area contributed by atoms with Crippen molar-refractivity contribution in [2.24, 2.45) is 23.2 Å². The summed E-state index contributed by atoms with van der Waals surface area (Å²) < 4.78 is 54.4. The fourth-order valence-electron chi connectivity index (χ4n) is 5.76. The van der Waals surface area contributed by atoms with Crippen molar-refractivity contribution < 1.29 is 16.8 Å². The van der Waals surface area contributed by atoms with Crippen LogP contribution < -0.4 is 9.44 Å². The monoisotopic (exact) mass is 398 g/mol. The fourth-order valence-corrected chi connectivity index (χ4v) is 7.82. The largest absolute Gasteiger partial charge is 0.240 e. The molecule has 0 aliphatic heterocycles. The molecule has 144 valence electrons. The van der Waals surface area contributed by atoms with Crippen LogP contribution in [0.25, 0.3) is 0 Å². The summed E-state index contributed by atoms with van der Waals surface area (Å²) in [5.41, 5.74) is 0.0937. The van der Waals surface area contributed by atoms with Crippen LogP contribution in [0.4, 0.5) is 0 Å². The number of benzene rings is 1. The van der Waals surface area contributed by atoms with Crippen LogP contribution in [0.1, 0.15) is 38.5 Å². The van der Waals surface area contributed by atoms with Crippen LogP contribution in [-0.2, 0) is 20.0 Å². The van der Waals surface area contributed by atoms with Gasteiger partial charge in [0.05, 0.1) is 9.79 Å². The van der Waals surface area contributed by atoms with Gasteiger partial charge >= 0.3 is 0 Å². The van der Waals surface area contributed by atoms with E-state index in [0.29, 0.717) is 6.54 Å². The van der Waals surface area contributed by atoms with E-state index in [9.17, 15) is 16.8 Å². The minimum Gasteiger partial charge on any atom is -0.214 e.